The monoisotopic (exact) mass is 524 g/mol. The number of rotatable bonds is 9. The van der Waals surface area contributed by atoms with E-state index in [0.717, 1.165) is 55.8 Å². The Morgan fingerprint density at radius 1 is 1.05 bits per heavy atom. The van der Waals surface area contributed by atoms with Crippen molar-refractivity contribution < 1.29 is 9.47 Å². The Bertz CT molecular complexity index is 1380. The molecular weight excluding hydrogens is 492 g/mol. The summed E-state index contributed by atoms with van der Waals surface area (Å²) in [5, 5.41) is 36.3. The summed E-state index contributed by atoms with van der Waals surface area (Å²) in [6, 6.07) is 11.7. The van der Waals surface area contributed by atoms with E-state index in [1.54, 1.807) is 18.5 Å². The lowest BCUT2D eigenvalue weighted by Crippen LogP contribution is -2.34. The fraction of sp³-hybridized carbons (Fsp3) is 0.345. The van der Waals surface area contributed by atoms with Crippen molar-refractivity contribution in [1.29, 1.82) is 21.6 Å². The Hall–Kier alpha value is -4.15. The van der Waals surface area contributed by atoms with Crippen molar-refractivity contribution in [2.45, 2.75) is 50.6 Å². The Balaban J connectivity index is 1.31. The SMILES string of the molecule is N=CCc1cc(-c2cnc([C@@H]3CCC3=N)c(C(=N)OC(=N)c3ccc(CNC4CCOCC4)cc3)n2)ccn1. The molecule has 1 aliphatic heterocycles. The molecule has 0 unspecified atom stereocenters. The maximum Gasteiger partial charge on any atom is 0.241 e. The highest BCUT2D eigenvalue weighted by atomic mass is 16.5. The van der Waals surface area contributed by atoms with Crippen molar-refractivity contribution in [2.75, 3.05) is 13.2 Å². The summed E-state index contributed by atoms with van der Waals surface area (Å²) in [6.07, 6.45) is 8.49. The summed E-state index contributed by atoms with van der Waals surface area (Å²) in [4.78, 5) is 13.6. The van der Waals surface area contributed by atoms with Gasteiger partial charge in [0, 0.05) is 73.1 Å². The lowest BCUT2D eigenvalue weighted by Gasteiger charge is -2.27. The van der Waals surface area contributed by atoms with Gasteiger partial charge in [-0.25, -0.2) is 4.98 Å². The van der Waals surface area contributed by atoms with Crippen LogP contribution >= 0.6 is 0 Å². The Kier molecular flexibility index (Phi) is 8.24. The predicted molar refractivity (Wildman–Crippen MR) is 149 cm³/mol. The highest BCUT2D eigenvalue weighted by Gasteiger charge is 2.32. The number of ether oxygens (including phenoxy) is 2. The van der Waals surface area contributed by atoms with E-state index in [2.05, 4.69) is 15.3 Å². The van der Waals surface area contributed by atoms with Crippen LogP contribution in [0.1, 0.15) is 59.8 Å². The molecule has 2 aromatic heterocycles. The van der Waals surface area contributed by atoms with E-state index in [1.807, 2.05) is 30.3 Å². The van der Waals surface area contributed by atoms with Crippen molar-refractivity contribution >= 4 is 23.7 Å². The van der Waals surface area contributed by atoms with E-state index in [4.69, 9.17) is 36.1 Å². The molecule has 39 heavy (non-hydrogen) atoms. The van der Waals surface area contributed by atoms with E-state index in [9.17, 15) is 0 Å². The van der Waals surface area contributed by atoms with Crippen LogP contribution in [0.25, 0.3) is 11.3 Å². The standard InChI is InChI=1S/C29H32N8O2/c30-11-7-22-15-20(8-12-34-22)25-17-36-26(23-5-6-24(23)31)27(37-25)29(33)39-28(32)19-3-1-18(2-4-19)16-35-21-9-13-38-14-10-21/h1-4,8,11-12,15,17,21,23,30-33,35H,5-7,9-10,13-14,16H2/t23-/m1/s1. The number of nitrogens with one attached hydrogen (secondary N) is 5. The average Bonchev–Trinajstić information content (AvgIpc) is 2.96. The molecule has 0 bridgehead atoms. The number of hydrogen-bond donors (Lipinski definition) is 5. The normalized spacial score (nSPS) is 17.3. The first-order valence-corrected chi connectivity index (χ1v) is 13.2. The van der Waals surface area contributed by atoms with Crippen LogP contribution in [0.5, 0.6) is 0 Å². The second-order valence-electron chi connectivity index (χ2n) is 9.77. The second kappa shape index (κ2) is 12.1. The Labute approximate surface area is 227 Å². The molecule has 5 N–H and O–H groups in total. The lowest BCUT2D eigenvalue weighted by molar-refractivity contribution is 0.0776. The number of nitrogens with zero attached hydrogens (tertiary/aromatic N) is 3. The van der Waals surface area contributed by atoms with Crippen LogP contribution in [-0.2, 0) is 22.4 Å². The average molecular weight is 525 g/mol. The van der Waals surface area contributed by atoms with Crippen molar-refractivity contribution in [2.24, 2.45) is 0 Å². The molecule has 2 fully saturated rings. The quantitative estimate of drug-likeness (QED) is 0.207. The largest absolute Gasteiger partial charge is 0.419 e. The van der Waals surface area contributed by atoms with E-state index < -0.39 is 0 Å². The molecule has 1 saturated carbocycles. The molecule has 1 saturated heterocycles. The third-order valence-electron chi connectivity index (χ3n) is 7.13. The Morgan fingerprint density at radius 3 is 2.54 bits per heavy atom. The second-order valence-corrected chi connectivity index (χ2v) is 9.77. The first kappa shape index (κ1) is 26.5. The third-order valence-corrected chi connectivity index (χ3v) is 7.13. The van der Waals surface area contributed by atoms with Gasteiger partial charge in [-0.1, -0.05) is 12.1 Å². The van der Waals surface area contributed by atoms with Crippen LogP contribution in [0.2, 0.25) is 0 Å². The summed E-state index contributed by atoms with van der Waals surface area (Å²) in [5.41, 5.74) is 5.01. The summed E-state index contributed by atoms with van der Waals surface area (Å²) in [7, 11) is 0. The molecule has 1 atom stereocenters. The summed E-state index contributed by atoms with van der Waals surface area (Å²) in [5.74, 6) is -0.626. The lowest BCUT2D eigenvalue weighted by atomic mass is 9.79. The van der Waals surface area contributed by atoms with Crippen molar-refractivity contribution in [3.63, 3.8) is 0 Å². The maximum absolute atomic E-state index is 8.70. The minimum Gasteiger partial charge on any atom is -0.419 e. The predicted octanol–water partition coefficient (Wildman–Crippen LogP) is 4.26. The van der Waals surface area contributed by atoms with Gasteiger partial charge < -0.3 is 25.6 Å². The molecular formula is C29H32N8O2. The number of hydrogen-bond acceptors (Lipinski definition) is 10. The fourth-order valence-electron chi connectivity index (χ4n) is 4.70. The van der Waals surface area contributed by atoms with E-state index in [0.29, 0.717) is 41.5 Å². The Morgan fingerprint density at radius 2 is 1.85 bits per heavy atom. The van der Waals surface area contributed by atoms with Gasteiger partial charge in [0.15, 0.2) is 0 Å². The molecule has 3 heterocycles. The maximum atomic E-state index is 8.70. The molecule has 1 aromatic carbocycles. The van der Waals surface area contributed by atoms with Gasteiger partial charge in [0.25, 0.3) is 0 Å². The zero-order valence-electron chi connectivity index (χ0n) is 21.7. The van der Waals surface area contributed by atoms with Gasteiger partial charge in [-0.2, -0.15) is 0 Å². The number of aromatic nitrogens is 3. The third kappa shape index (κ3) is 6.30. The zero-order valence-corrected chi connectivity index (χ0v) is 21.7. The summed E-state index contributed by atoms with van der Waals surface area (Å²) < 4.78 is 11.1. The number of benzene rings is 1. The molecule has 0 amide bonds. The van der Waals surface area contributed by atoms with Gasteiger partial charge in [0.1, 0.15) is 5.69 Å². The van der Waals surface area contributed by atoms with Crippen LogP contribution in [0.4, 0.5) is 0 Å². The number of pyridine rings is 1. The zero-order chi connectivity index (χ0) is 27.2. The highest BCUT2D eigenvalue weighted by Crippen LogP contribution is 2.34. The van der Waals surface area contributed by atoms with Crippen LogP contribution in [-0.4, -0.2) is 57.9 Å². The molecule has 200 valence electrons. The minimum absolute atomic E-state index is 0.150. The van der Waals surface area contributed by atoms with Crippen LogP contribution in [0.15, 0.2) is 48.8 Å². The molecule has 2 aliphatic rings. The molecule has 1 aliphatic carbocycles. The van der Waals surface area contributed by atoms with Gasteiger partial charge in [-0.3, -0.25) is 20.8 Å². The fourth-order valence-corrected chi connectivity index (χ4v) is 4.70. The minimum atomic E-state index is -0.275. The first-order valence-electron chi connectivity index (χ1n) is 13.2. The van der Waals surface area contributed by atoms with E-state index >= 15 is 0 Å². The molecule has 0 radical (unpaired) electrons. The van der Waals surface area contributed by atoms with Gasteiger partial charge in [-0.15, -0.1) is 0 Å². The molecule has 0 spiro atoms. The van der Waals surface area contributed by atoms with Crippen molar-refractivity contribution in [1.82, 2.24) is 20.3 Å². The van der Waals surface area contributed by atoms with Gasteiger partial charge >= 0.3 is 0 Å². The van der Waals surface area contributed by atoms with Crippen molar-refractivity contribution in [3.8, 4) is 11.3 Å². The summed E-state index contributed by atoms with van der Waals surface area (Å²) >= 11 is 0. The van der Waals surface area contributed by atoms with E-state index in [1.165, 1.54) is 6.21 Å². The van der Waals surface area contributed by atoms with Gasteiger partial charge in [0.2, 0.25) is 11.8 Å². The molecule has 5 rings (SSSR count). The topological polar surface area (TPSA) is 165 Å². The summed E-state index contributed by atoms with van der Waals surface area (Å²) in [6.45, 7) is 2.33. The van der Waals surface area contributed by atoms with Crippen LogP contribution in [0.3, 0.4) is 0 Å². The van der Waals surface area contributed by atoms with Crippen LogP contribution in [0, 0.1) is 21.6 Å². The van der Waals surface area contributed by atoms with Gasteiger partial charge in [-0.05, 0) is 55.5 Å². The molecule has 3 aromatic rings. The molecule has 10 heteroatoms. The smallest absolute Gasteiger partial charge is 0.241 e. The highest BCUT2D eigenvalue weighted by molar-refractivity contribution is 6.05. The van der Waals surface area contributed by atoms with Crippen LogP contribution < -0.4 is 5.32 Å². The molecule has 10 nitrogen and oxygen atoms in total. The van der Waals surface area contributed by atoms with E-state index in [-0.39, 0.29) is 23.4 Å². The van der Waals surface area contributed by atoms with Crippen molar-refractivity contribution in [3.05, 3.63) is 77.0 Å². The first-order chi connectivity index (χ1) is 19.0. The van der Waals surface area contributed by atoms with Gasteiger partial charge in [0.05, 0.1) is 17.6 Å².